The summed E-state index contributed by atoms with van der Waals surface area (Å²) in [7, 11) is 0. The van der Waals surface area contributed by atoms with Gasteiger partial charge in [0.1, 0.15) is 11.5 Å². The number of hydrogen-bond acceptors (Lipinski definition) is 9. The number of alkyl halides is 1. The summed E-state index contributed by atoms with van der Waals surface area (Å²) >= 11 is 3.07. The molecule has 0 spiro atoms. The number of aromatic hydroxyl groups is 2. The first-order chi connectivity index (χ1) is 18.8. The number of benzene rings is 2. The van der Waals surface area contributed by atoms with E-state index in [9.17, 15) is 29.4 Å². The first-order valence-corrected chi connectivity index (χ1v) is 13.6. The normalized spacial score (nSPS) is 12.1. The Hall–Kier alpha value is -3.32. The average Bonchev–Trinajstić information content (AvgIpc) is 2.91. The summed E-state index contributed by atoms with van der Waals surface area (Å²) in [4.78, 5) is 49.1. The molecule has 12 heteroatoms. The summed E-state index contributed by atoms with van der Waals surface area (Å²) in [5.74, 6) is -2.38. The molecule has 3 rings (SSSR count). The van der Waals surface area contributed by atoms with E-state index in [2.05, 4.69) is 26.6 Å². The van der Waals surface area contributed by atoms with Crippen LogP contribution >= 0.6 is 15.9 Å². The zero-order chi connectivity index (χ0) is 28.2. The Kier molecular flexibility index (Phi) is 11.9. The molecule has 210 valence electrons. The topological polar surface area (TPSA) is 160 Å². The van der Waals surface area contributed by atoms with Crippen molar-refractivity contribution < 1.29 is 43.6 Å². The summed E-state index contributed by atoms with van der Waals surface area (Å²) in [5, 5.41) is 26.1. The predicted octanol–water partition coefficient (Wildman–Crippen LogP) is 2.54. The fraction of sp³-hybridized carbons (Fsp3) is 0.407. The van der Waals surface area contributed by atoms with Gasteiger partial charge in [-0.05, 0) is 25.0 Å². The molecule has 2 aromatic rings. The molecule has 0 bridgehead atoms. The minimum atomic E-state index is -0.658. The highest BCUT2D eigenvalue weighted by Crippen LogP contribution is 2.38. The molecule has 0 saturated carbocycles. The second-order valence-corrected chi connectivity index (χ2v) is 9.16. The largest absolute Gasteiger partial charge is 0.507 e. The molecular weight excluding hydrogens is 576 g/mol. The van der Waals surface area contributed by atoms with Gasteiger partial charge in [-0.25, -0.2) is 0 Å². The Labute approximate surface area is 233 Å². The monoisotopic (exact) mass is 606 g/mol. The molecule has 0 fully saturated rings. The summed E-state index contributed by atoms with van der Waals surface area (Å²) in [5.41, 5.74) is -0.172. The molecule has 11 nitrogen and oxygen atoms in total. The van der Waals surface area contributed by atoms with E-state index >= 15 is 0 Å². The lowest BCUT2D eigenvalue weighted by molar-refractivity contribution is -0.118. The smallest absolute Gasteiger partial charge is 0.230 e. The summed E-state index contributed by atoms with van der Waals surface area (Å²) in [6.45, 7) is 3.06. The first-order valence-electron chi connectivity index (χ1n) is 12.5. The van der Waals surface area contributed by atoms with E-state index < -0.39 is 17.3 Å². The quantitative estimate of drug-likeness (QED) is 0.142. The van der Waals surface area contributed by atoms with Crippen molar-refractivity contribution >= 4 is 45.0 Å². The number of hydrogen-bond donors (Lipinski definition) is 4. The van der Waals surface area contributed by atoms with Crippen molar-refractivity contribution in [3.63, 3.8) is 0 Å². The second kappa shape index (κ2) is 15.3. The Balaban J connectivity index is 1.30. The number of carbonyl (C=O) groups excluding carboxylic acids is 4. The van der Waals surface area contributed by atoms with Gasteiger partial charge in [0.25, 0.3) is 0 Å². The van der Waals surface area contributed by atoms with Gasteiger partial charge in [0.2, 0.25) is 17.6 Å². The standard InChI is InChI=1S/C27H31BrN2O9/c28-16-23(34)29-7-3-9-38-11-13-39-12-10-37-8-2-6-22(33)30-17-14-19-25(21(32)15-17)27(36)24-18(26(19)35)4-1-5-20(24)31/h1,4-5,14-15,31-32H,2-3,6-13,16H2,(H,29,34)(H,30,33). The summed E-state index contributed by atoms with van der Waals surface area (Å²) in [6, 6.07) is 6.73. The van der Waals surface area contributed by atoms with Crippen LogP contribution in [0.1, 0.15) is 51.1 Å². The van der Waals surface area contributed by atoms with E-state index in [-0.39, 0.29) is 57.3 Å². The zero-order valence-corrected chi connectivity index (χ0v) is 22.9. The van der Waals surface area contributed by atoms with Crippen LogP contribution in [-0.2, 0) is 23.8 Å². The Morgan fingerprint density at radius 3 is 2.10 bits per heavy atom. The third-order valence-electron chi connectivity index (χ3n) is 5.73. The SMILES string of the molecule is O=C(CBr)NCCCOCCOCCOCCCC(=O)Nc1cc(O)c2c(c1)C(=O)c1cccc(O)c1C2=O. The van der Waals surface area contributed by atoms with Crippen LogP contribution in [0.15, 0.2) is 30.3 Å². The molecule has 0 atom stereocenters. The van der Waals surface area contributed by atoms with E-state index in [1.807, 2.05) is 0 Å². The minimum absolute atomic E-state index is 0.0386. The number of phenolic OH excluding ortho intramolecular Hbond substituents is 2. The molecule has 1 aliphatic rings. The van der Waals surface area contributed by atoms with Crippen molar-refractivity contribution in [2.24, 2.45) is 0 Å². The Morgan fingerprint density at radius 2 is 1.41 bits per heavy atom. The van der Waals surface area contributed by atoms with E-state index in [0.717, 1.165) is 6.42 Å². The second-order valence-electron chi connectivity index (χ2n) is 8.60. The fourth-order valence-corrected chi connectivity index (χ4v) is 4.10. The average molecular weight is 607 g/mol. The van der Waals surface area contributed by atoms with Crippen LogP contribution in [0, 0.1) is 0 Å². The highest BCUT2D eigenvalue weighted by molar-refractivity contribution is 9.09. The lowest BCUT2D eigenvalue weighted by Gasteiger charge is -2.20. The van der Waals surface area contributed by atoms with Crippen LogP contribution in [-0.4, -0.2) is 85.1 Å². The maximum atomic E-state index is 12.9. The van der Waals surface area contributed by atoms with Crippen molar-refractivity contribution in [2.45, 2.75) is 19.3 Å². The molecule has 39 heavy (non-hydrogen) atoms. The van der Waals surface area contributed by atoms with Gasteiger partial charge in [0.15, 0.2) is 5.78 Å². The molecule has 0 aliphatic heterocycles. The number of rotatable bonds is 16. The predicted molar refractivity (Wildman–Crippen MR) is 145 cm³/mol. The third kappa shape index (κ3) is 8.59. The van der Waals surface area contributed by atoms with E-state index in [1.54, 1.807) is 0 Å². The molecular formula is C27H31BrN2O9. The van der Waals surface area contributed by atoms with Gasteiger partial charge < -0.3 is 35.1 Å². The number of nitrogens with one attached hydrogen (secondary N) is 2. The van der Waals surface area contributed by atoms with Gasteiger partial charge in [0.05, 0.1) is 42.9 Å². The van der Waals surface area contributed by atoms with Crippen molar-refractivity contribution in [3.8, 4) is 11.5 Å². The molecule has 0 unspecified atom stereocenters. The number of ether oxygens (including phenoxy) is 3. The van der Waals surface area contributed by atoms with Gasteiger partial charge in [-0.2, -0.15) is 0 Å². The number of amides is 2. The lowest BCUT2D eigenvalue weighted by atomic mass is 9.83. The first kappa shape index (κ1) is 30.2. The van der Waals surface area contributed by atoms with Crippen LogP contribution in [0.2, 0.25) is 0 Å². The van der Waals surface area contributed by atoms with Crippen molar-refractivity contribution in [1.29, 1.82) is 0 Å². The molecule has 0 radical (unpaired) electrons. The Bertz CT molecular complexity index is 1200. The van der Waals surface area contributed by atoms with E-state index in [0.29, 0.717) is 52.6 Å². The summed E-state index contributed by atoms with van der Waals surface area (Å²) in [6.07, 6.45) is 1.31. The number of ketones is 2. The lowest BCUT2D eigenvalue weighted by Crippen LogP contribution is -2.26. The fourth-order valence-electron chi connectivity index (χ4n) is 3.90. The van der Waals surface area contributed by atoms with Crippen LogP contribution in [0.5, 0.6) is 11.5 Å². The molecule has 0 aromatic heterocycles. The van der Waals surface area contributed by atoms with Crippen LogP contribution in [0.3, 0.4) is 0 Å². The molecule has 2 aromatic carbocycles. The van der Waals surface area contributed by atoms with E-state index in [4.69, 9.17) is 14.2 Å². The molecule has 0 saturated heterocycles. The molecule has 1 aliphatic carbocycles. The maximum absolute atomic E-state index is 12.9. The zero-order valence-electron chi connectivity index (χ0n) is 21.3. The highest BCUT2D eigenvalue weighted by Gasteiger charge is 2.34. The number of anilines is 1. The molecule has 4 N–H and O–H groups in total. The highest BCUT2D eigenvalue weighted by atomic mass is 79.9. The van der Waals surface area contributed by atoms with Crippen molar-refractivity contribution in [1.82, 2.24) is 5.32 Å². The van der Waals surface area contributed by atoms with E-state index in [1.165, 1.54) is 30.3 Å². The van der Waals surface area contributed by atoms with Crippen LogP contribution in [0.25, 0.3) is 0 Å². The van der Waals surface area contributed by atoms with Gasteiger partial charge >= 0.3 is 0 Å². The van der Waals surface area contributed by atoms with Crippen molar-refractivity contribution in [3.05, 3.63) is 52.6 Å². The van der Waals surface area contributed by atoms with Gasteiger partial charge in [0, 0.05) is 49.1 Å². The summed E-state index contributed by atoms with van der Waals surface area (Å²) < 4.78 is 16.3. The minimum Gasteiger partial charge on any atom is -0.507 e. The number of phenols is 2. The number of carbonyl (C=O) groups is 4. The third-order valence-corrected chi connectivity index (χ3v) is 6.24. The van der Waals surface area contributed by atoms with Gasteiger partial charge in [-0.1, -0.05) is 28.1 Å². The number of halogens is 1. The van der Waals surface area contributed by atoms with Crippen LogP contribution in [0.4, 0.5) is 5.69 Å². The Morgan fingerprint density at radius 1 is 0.769 bits per heavy atom. The maximum Gasteiger partial charge on any atom is 0.230 e. The van der Waals surface area contributed by atoms with Crippen molar-refractivity contribution in [2.75, 3.05) is 56.8 Å². The van der Waals surface area contributed by atoms with Crippen LogP contribution < -0.4 is 10.6 Å². The molecule has 0 heterocycles. The molecule has 2 amide bonds. The number of fused-ring (bicyclic) bond motifs is 2. The van der Waals surface area contributed by atoms with Gasteiger partial charge in [-0.3, -0.25) is 19.2 Å². The van der Waals surface area contributed by atoms with Gasteiger partial charge in [-0.15, -0.1) is 0 Å².